The van der Waals surface area contributed by atoms with Gasteiger partial charge in [-0.15, -0.1) is 0 Å². The van der Waals surface area contributed by atoms with E-state index in [1.165, 1.54) is 0 Å². The first-order valence-electron chi connectivity index (χ1n) is 6.64. The number of nitrogens with one attached hydrogen (secondary N) is 1. The Kier molecular flexibility index (Phi) is 4.31. The summed E-state index contributed by atoms with van der Waals surface area (Å²) in [5, 5.41) is 7.46. The average Bonchev–Trinajstić information content (AvgIpc) is 2.97. The fourth-order valence-electron chi connectivity index (χ4n) is 2.01. The van der Waals surface area contributed by atoms with Crippen LogP contribution in [-0.4, -0.2) is 32.3 Å². The zero-order valence-electron chi connectivity index (χ0n) is 11.9. The van der Waals surface area contributed by atoms with E-state index in [1.807, 2.05) is 11.6 Å². The SMILES string of the molecule is CCNC(Cc1nc(-c2cncn2C)no1)C(C)C. The van der Waals surface area contributed by atoms with E-state index in [1.54, 1.807) is 12.5 Å². The van der Waals surface area contributed by atoms with Crippen molar-refractivity contribution in [2.24, 2.45) is 13.0 Å². The minimum Gasteiger partial charge on any atom is -0.339 e. The van der Waals surface area contributed by atoms with Crippen molar-refractivity contribution in [2.75, 3.05) is 6.54 Å². The Hall–Kier alpha value is -1.69. The second-order valence-electron chi connectivity index (χ2n) is 5.01. The van der Waals surface area contributed by atoms with Gasteiger partial charge >= 0.3 is 0 Å². The number of hydrogen-bond donors (Lipinski definition) is 1. The highest BCUT2D eigenvalue weighted by atomic mass is 16.5. The van der Waals surface area contributed by atoms with Gasteiger partial charge in [0, 0.05) is 19.5 Å². The second-order valence-corrected chi connectivity index (χ2v) is 5.01. The van der Waals surface area contributed by atoms with Gasteiger partial charge in [0.05, 0.1) is 12.5 Å². The van der Waals surface area contributed by atoms with Gasteiger partial charge in [0.25, 0.3) is 0 Å². The number of aromatic nitrogens is 4. The summed E-state index contributed by atoms with van der Waals surface area (Å²) in [6.07, 6.45) is 4.20. The van der Waals surface area contributed by atoms with Crippen LogP contribution in [0.3, 0.4) is 0 Å². The molecular formula is C13H21N5O. The van der Waals surface area contributed by atoms with Crippen LogP contribution in [0.5, 0.6) is 0 Å². The zero-order valence-corrected chi connectivity index (χ0v) is 11.9. The lowest BCUT2D eigenvalue weighted by Gasteiger charge is -2.19. The maximum atomic E-state index is 5.33. The number of rotatable bonds is 6. The van der Waals surface area contributed by atoms with Crippen molar-refractivity contribution in [3.63, 3.8) is 0 Å². The molecule has 1 N–H and O–H groups in total. The molecule has 6 nitrogen and oxygen atoms in total. The molecule has 19 heavy (non-hydrogen) atoms. The topological polar surface area (TPSA) is 68.8 Å². The van der Waals surface area contributed by atoms with Crippen molar-refractivity contribution in [1.82, 2.24) is 25.0 Å². The summed E-state index contributed by atoms with van der Waals surface area (Å²) in [6, 6.07) is 0.352. The maximum Gasteiger partial charge on any atom is 0.228 e. The minimum absolute atomic E-state index is 0.352. The number of aryl methyl sites for hydroxylation is 1. The quantitative estimate of drug-likeness (QED) is 0.858. The van der Waals surface area contributed by atoms with Crippen molar-refractivity contribution in [2.45, 2.75) is 33.2 Å². The van der Waals surface area contributed by atoms with Crippen LogP contribution in [0.15, 0.2) is 17.0 Å². The van der Waals surface area contributed by atoms with E-state index in [2.05, 4.69) is 41.2 Å². The molecule has 0 bridgehead atoms. The predicted octanol–water partition coefficient (Wildman–Crippen LogP) is 1.65. The Morgan fingerprint density at radius 3 is 2.79 bits per heavy atom. The summed E-state index contributed by atoms with van der Waals surface area (Å²) in [5.41, 5.74) is 0.861. The molecule has 0 radical (unpaired) electrons. The molecule has 1 atom stereocenters. The van der Waals surface area contributed by atoms with Crippen LogP contribution in [0.2, 0.25) is 0 Å². The Morgan fingerprint density at radius 1 is 1.42 bits per heavy atom. The van der Waals surface area contributed by atoms with Gasteiger partial charge in [0.15, 0.2) is 0 Å². The second kappa shape index (κ2) is 5.97. The monoisotopic (exact) mass is 263 g/mol. The first-order valence-corrected chi connectivity index (χ1v) is 6.64. The van der Waals surface area contributed by atoms with Gasteiger partial charge in [-0.3, -0.25) is 0 Å². The Morgan fingerprint density at radius 2 is 2.21 bits per heavy atom. The number of likely N-dealkylation sites (N-methyl/N-ethyl adjacent to an activating group) is 1. The number of imidazole rings is 1. The van der Waals surface area contributed by atoms with Crippen molar-refractivity contribution in [3.8, 4) is 11.5 Å². The highest BCUT2D eigenvalue weighted by Crippen LogP contribution is 2.16. The summed E-state index contributed by atoms with van der Waals surface area (Å²) in [7, 11) is 1.91. The third-order valence-electron chi connectivity index (χ3n) is 3.18. The molecule has 0 saturated carbocycles. The molecule has 2 aromatic heterocycles. The van der Waals surface area contributed by atoms with Gasteiger partial charge in [0.1, 0.15) is 5.69 Å². The van der Waals surface area contributed by atoms with E-state index in [0.29, 0.717) is 23.7 Å². The summed E-state index contributed by atoms with van der Waals surface area (Å²) in [4.78, 5) is 8.49. The zero-order chi connectivity index (χ0) is 13.8. The minimum atomic E-state index is 0.352. The van der Waals surface area contributed by atoms with Crippen LogP contribution in [0.1, 0.15) is 26.7 Å². The molecule has 2 aromatic rings. The lowest BCUT2D eigenvalue weighted by molar-refractivity contribution is 0.329. The van der Waals surface area contributed by atoms with Gasteiger partial charge in [-0.2, -0.15) is 4.98 Å². The average molecular weight is 263 g/mol. The van der Waals surface area contributed by atoms with Gasteiger partial charge in [-0.25, -0.2) is 4.98 Å². The van der Waals surface area contributed by atoms with E-state index < -0.39 is 0 Å². The number of nitrogens with zero attached hydrogens (tertiary/aromatic N) is 4. The van der Waals surface area contributed by atoms with Crippen LogP contribution in [0, 0.1) is 5.92 Å². The smallest absolute Gasteiger partial charge is 0.228 e. The molecule has 0 amide bonds. The Bertz CT molecular complexity index is 517. The summed E-state index contributed by atoms with van der Waals surface area (Å²) in [5.74, 6) is 1.77. The van der Waals surface area contributed by atoms with Crippen molar-refractivity contribution >= 4 is 0 Å². The van der Waals surface area contributed by atoms with Crippen LogP contribution >= 0.6 is 0 Å². The van der Waals surface area contributed by atoms with E-state index in [0.717, 1.165) is 18.7 Å². The highest BCUT2D eigenvalue weighted by Gasteiger charge is 2.18. The van der Waals surface area contributed by atoms with E-state index in [-0.39, 0.29) is 0 Å². The highest BCUT2D eigenvalue weighted by molar-refractivity contribution is 5.46. The fourth-order valence-corrected chi connectivity index (χ4v) is 2.01. The van der Waals surface area contributed by atoms with Gasteiger partial charge in [0.2, 0.25) is 11.7 Å². The van der Waals surface area contributed by atoms with E-state index in [4.69, 9.17) is 4.52 Å². The number of hydrogen-bond acceptors (Lipinski definition) is 5. The molecule has 1 unspecified atom stereocenters. The largest absolute Gasteiger partial charge is 0.339 e. The van der Waals surface area contributed by atoms with E-state index in [9.17, 15) is 0 Å². The normalized spacial score (nSPS) is 13.1. The third kappa shape index (κ3) is 3.20. The molecule has 6 heteroatoms. The Labute approximate surface area is 113 Å². The molecule has 2 rings (SSSR count). The molecule has 2 heterocycles. The molecule has 104 valence electrons. The molecule has 0 aromatic carbocycles. The molecule has 0 aliphatic heterocycles. The molecule has 0 saturated heterocycles. The Balaban J connectivity index is 2.11. The first kappa shape index (κ1) is 13.7. The van der Waals surface area contributed by atoms with Crippen molar-refractivity contribution < 1.29 is 4.52 Å². The third-order valence-corrected chi connectivity index (χ3v) is 3.18. The van der Waals surface area contributed by atoms with Crippen LogP contribution in [0.4, 0.5) is 0 Å². The molecule has 0 fully saturated rings. The summed E-state index contributed by atoms with van der Waals surface area (Å²) in [6.45, 7) is 7.41. The first-order chi connectivity index (χ1) is 9.11. The lowest BCUT2D eigenvalue weighted by atomic mass is 10.0. The van der Waals surface area contributed by atoms with Gasteiger partial charge < -0.3 is 14.4 Å². The molecule has 0 spiro atoms. The predicted molar refractivity (Wildman–Crippen MR) is 72.5 cm³/mol. The molecular weight excluding hydrogens is 242 g/mol. The standard InChI is InChI=1S/C13H21N5O/c1-5-15-10(9(2)3)6-12-16-13(17-19-12)11-7-14-8-18(11)4/h7-10,15H,5-6H2,1-4H3. The summed E-state index contributed by atoms with van der Waals surface area (Å²) < 4.78 is 7.20. The van der Waals surface area contributed by atoms with Crippen molar-refractivity contribution in [1.29, 1.82) is 0 Å². The maximum absolute atomic E-state index is 5.33. The fraction of sp³-hybridized carbons (Fsp3) is 0.615. The van der Waals surface area contributed by atoms with Gasteiger partial charge in [-0.1, -0.05) is 25.9 Å². The lowest BCUT2D eigenvalue weighted by Crippen LogP contribution is -2.35. The van der Waals surface area contributed by atoms with E-state index >= 15 is 0 Å². The summed E-state index contributed by atoms with van der Waals surface area (Å²) >= 11 is 0. The molecule has 0 aliphatic carbocycles. The van der Waals surface area contributed by atoms with Gasteiger partial charge in [-0.05, 0) is 12.5 Å². The van der Waals surface area contributed by atoms with Crippen LogP contribution < -0.4 is 5.32 Å². The van der Waals surface area contributed by atoms with Crippen LogP contribution in [-0.2, 0) is 13.5 Å². The van der Waals surface area contributed by atoms with Crippen LogP contribution in [0.25, 0.3) is 11.5 Å². The van der Waals surface area contributed by atoms with Crippen molar-refractivity contribution in [3.05, 3.63) is 18.4 Å². The molecule has 0 aliphatic rings.